The molecule has 4 aromatic rings. The van der Waals surface area contributed by atoms with Crippen LogP contribution in [-0.2, 0) is 22.4 Å². The van der Waals surface area contributed by atoms with Crippen LogP contribution in [0.2, 0.25) is 0 Å². The van der Waals surface area contributed by atoms with Gasteiger partial charge in [0, 0.05) is 24.5 Å². The van der Waals surface area contributed by atoms with E-state index in [1.807, 2.05) is 6.07 Å². The highest BCUT2D eigenvalue weighted by Gasteiger charge is 2.19. The zero-order chi connectivity index (χ0) is 26.7. The third-order valence-electron chi connectivity index (χ3n) is 6.78. The zero-order valence-electron chi connectivity index (χ0n) is 22.0. The summed E-state index contributed by atoms with van der Waals surface area (Å²) in [6, 6.07) is 17.3. The van der Waals surface area contributed by atoms with E-state index in [9.17, 15) is 9.59 Å². The smallest absolute Gasteiger partial charge is 0.262 e. The molecule has 0 bridgehead atoms. The van der Waals surface area contributed by atoms with Crippen molar-refractivity contribution in [2.75, 3.05) is 13.2 Å². The second-order valence-corrected chi connectivity index (χ2v) is 11.6. The summed E-state index contributed by atoms with van der Waals surface area (Å²) in [6.45, 7) is 8.08. The highest BCUT2D eigenvalue weighted by molar-refractivity contribution is 7.98. The average molecular weight is 532 g/mol. The van der Waals surface area contributed by atoms with Crippen LogP contribution in [0.4, 0.5) is 0 Å². The molecule has 0 radical (unpaired) electrons. The monoisotopic (exact) mass is 531 g/mol. The Labute approximate surface area is 226 Å². The number of hydrogen-bond donors (Lipinski definition) is 1. The van der Waals surface area contributed by atoms with E-state index in [0.717, 1.165) is 25.0 Å². The van der Waals surface area contributed by atoms with Crippen molar-refractivity contribution in [1.82, 2.24) is 14.9 Å². The molecule has 1 saturated heterocycles. The first-order valence-corrected chi connectivity index (χ1v) is 14.0. The molecule has 7 nitrogen and oxygen atoms in total. The summed E-state index contributed by atoms with van der Waals surface area (Å²) in [5.41, 5.74) is 3.31. The minimum atomic E-state index is -0.197. The van der Waals surface area contributed by atoms with E-state index in [1.54, 1.807) is 35.1 Å². The van der Waals surface area contributed by atoms with Crippen LogP contribution in [0.3, 0.4) is 0 Å². The number of nitrogens with one attached hydrogen (secondary N) is 1. The Morgan fingerprint density at radius 1 is 1.16 bits per heavy atom. The number of amides is 1. The van der Waals surface area contributed by atoms with Crippen LogP contribution in [-0.4, -0.2) is 34.7 Å². The van der Waals surface area contributed by atoms with Gasteiger partial charge >= 0.3 is 0 Å². The van der Waals surface area contributed by atoms with E-state index in [1.165, 1.54) is 17.3 Å². The van der Waals surface area contributed by atoms with Gasteiger partial charge in [-0.2, -0.15) is 0 Å². The predicted octanol–water partition coefficient (Wildman–Crippen LogP) is 5.54. The Kier molecular flexibility index (Phi) is 7.72. The lowest BCUT2D eigenvalue weighted by atomic mass is 9.87. The van der Waals surface area contributed by atoms with E-state index in [2.05, 4.69) is 50.4 Å². The maximum Gasteiger partial charge on any atom is 0.262 e. The fourth-order valence-electron chi connectivity index (χ4n) is 4.51. The highest BCUT2D eigenvalue weighted by atomic mass is 32.2. The largest absolute Gasteiger partial charge is 0.467 e. The second kappa shape index (κ2) is 11.2. The van der Waals surface area contributed by atoms with Gasteiger partial charge in [-0.05, 0) is 59.7 Å². The van der Waals surface area contributed by atoms with Crippen molar-refractivity contribution in [3.8, 4) is 0 Å². The first-order valence-electron chi connectivity index (χ1n) is 13.0. The first-order chi connectivity index (χ1) is 18.3. The Bertz CT molecular complexity index is 1460. The molecule has 1 aliphatic heterocycles. The number of benzene rings is 2. The molecule has 1 fully saturated rings. The molecule has 5 rings (SSSR count). The van der Waals surface area contributed by atoms with Gasteiger partial charge in [0.2, 0.25) is 0 Å². The van der Waals surface area contributed by atoms with Crippen molar-refractivity contribution in [3.05, 3.63) is 93.7 Å². The maximum absolute atomic E-state index is 13.6. The lowest BCUT2D eigenvalue weighted by Crippen LogP contribution is -2.31. The fraction of sp³-hybridized carbons (Fsp3) is 0.367. The van der Waals surface area contributed by atoms with Crippen LogP contribution in [0.1, 0.15) is 60.9 Å². The molecule has 8 heteroatoms. The van der Waals surface area contributed by atoms with E-state index >= 15 is 0 Å². The van der Waals surface area contributed by atoms with Crippen LogP contribution in [0.25, 0.3) is 10.9 Å². The molecule has 38 heavy (non-hydrogen) atoms. The standard InChI is InChI=1S/C30H33N3O4S/c1-30(2,3)22-11-8-20(9-12-22)19-38-29-32-26-16-21(27(34)31-17-23-6-4-14-36-23)10-13-25(26)28(35)33(29)18-24-7-5-15-37-24/h5,7-13,15-16,23H,4,6,14,17-19H2,1-3H3,(H,31,34). The normalized spacial score (nSPS) is 15.7. The van der Waals surface area contributed by atoms with Crippen LogP contribution < -0.4 is 10.9 Å². The molecule has 0 spiro atoms. The molecule has 0 saturated carbocycles. The number of aromatic nitrogens is 2. The van der Waals surface area contributed by atoms with Crippen molar-refractivity contribution in [3.63, 3.8) is 0 Å². The van der Waals surface area contributed by atoms with Crippen molar-refractivity contribution in [2.45, 2.75) is 62.6 Å². The number of thioether (sulfide) groups is 1. The number of carbonyl (C=O) groups is 1. The number of rotatable bonds is 8. The molecule has 1 amide bonds. The minimum Gasteiger partial charge on any atom is -0.467 e. The van der Waals surface area contributed by atoms with Gasteiger partial charge in [0.1, 0.15) is 5.76 Å². The molecule has 1 atom stereocenters. The van der Waals surface area contributed by atoms with Crippen molar-refractivity contribution in [1.29, 1.82) is 0 Å². The van der Waals surface area contributed by atoms with Gasteiger partial charge < -0.3 is 14.5 Å². The van der Waals surface area contributed by atoms with Gasteiger partial charge in [-0.25, -0.2) is 4.98 Å². The summed E-state index contributed by atoms with van der Waals surface area (Å²) in [5.74, 6) is 1.13. The Morgan fingerprint density at radius 3 is 2.66 bits per heavy atom. The van der Waals surface area contributed by atoms with Crippen LogP contribution in [0.15, 0.2) is 75.2 Å². The molecule has 3 heterocycles. The Hall–Kier alpha value is -3.36. The average Bonchev–Trinajstić information content (AvgIpc) is 3.62. The molecule has 198 valence electrons. The lowest BCUT2D eigenvalue weighted by molar-refractivity contribution is 0.0858. The molecule has 2 aromatic carbocycles. The molecule has 1 unspecified atom stereocenters. The van der Waals surface area contributed by atoms with Crippen LogP contribution in [0, 0.1) is 0 Å². The topological polar surface area (TPSA) is 86.4 Å². The quantitative estimate of drug-likeness (QED) is 0.237. The molecule has 1 N–H and O–H groups in total. The number of ether oxygens (including phenoxy) is 1. The van der Waals surface area contributed by atoms with Gasteiger partial charge in [0.25, 0.3) is 11.5 Å². The fourth-order valence-corrected chi connectivity index (χ4v) is 5.47. The third-order valence-corrected chi connectivity index (χ3v) is 7.83. The minimum absolute atomic E-state index is 0.0619. The molecular weight excluding hydrogens is 498 g/mol. The maximum atomic E-state index is 13.6. The predicted molar refractivity (Wildman–Crippen MR) is 150 cm³/mol. The van der Waals surface area contributed by atoms with Gasteiger partial charge in [0.05, 0.1) is 29.8 Å². The van der Waals surface area contributed by atoms with E-state index in [-0.39, 0.29) is 29.5 Å². The van der Waals surface area contributed by atoms with Crippen molar-refractivity contribution >= 4 is 28.6 Å². The SMILES string of the molecule is CC(C)(C)c1ccc(CSc2nc3cc(C(=O)NCC4CCCO4)ccc3c(=O)n2Cc2ccco2)cc1. The van der Waals surface area contributed by atoms with Gasteiger partial charge in [-0.15, -0.1) is 0 Å². The molecule has 2 aromatic heterocycles. The van der Waals surface area contributed by atoms with Gasteiger partial charge in [-0.3, -0.25) is 14.2 Å². The summed E-state index contributed by atoms with van der Waals surface area (Å²) >= 11 is 1.50. The van der Waals surface area contributed by atoms with E-state index in [4.69, 9.17) is 14.1 Å². The van der Waals surface area contributed by atoms with E-state index in [0.29, 0.717) is 39.7 Å². The number of fused-ring (bicyclic) bond motifs is 1. The van der Waals surface area contributed by atoms with Crippen molar-refractivity contribution < 1.29 is 13.9 Å². The summed E-state index contributed by atoms with van der Waals surface area (Å²) in [7, 11) is 0. The summed E-state index contributed by atoms with van der Waals surface area (Å²) in [4.78, 5) is 31.2. The van der Waals surface area contributed by atoms with Crippen molar-refractivity contribution in [2.24, 2.45) is 0 Å². The Morgan fingerprint density at radius 2 is 1.97 bits per heavy atom. The molecular formula is C30H33N3O4S. The van der Waals surface area contributed by atoms with Crippen LogP contribution >= 0.6 is 11.8 Å². The first kappa shape index (κ1) is 26.3. The zero-order valence-corrected chi connectivity index (χ0v) is 22.8. The number of furan rings is 1. The number of hydrogen-bond acceptors (Lipinski definition) is 6. The summed E-state index contributed by atoms with van der Waals surface area (Å²) in [5, 5.41) is 3.99. The van der Waals surface area contributed by atoms with Crippen LogP contribution in [0.5, 0.6) is 0 Å². The molecule has 1 aliphatic rings. The highest BCUT2D eigenvalue weighted by Crippen LogP contribution is 2.26. The molecule has 0 aliphatic carbocycles. The summed E-state index contributed by atoms with van der Waals surface area (Å²) in [6.07, 6.45) is 3.63. The third kappa shape index (κ3) is 6.03. The number of carbonyl (C=O) groups excluding carboxylic acids is 1. The van der Waals surface area contributed by atoms with E-state index < -0.39 is 0 Å². The lowest BCUT2D eigenvalue weighted by Gasteiger charge is -2.19. The second-order valence-electron chi connectivity index (χ2n) is 10.7. The summed E-state index contributed by atoms with van der Waals surface area (Å²) < 4.78 is 12.8. The number of nitrogens with zero attached hydrogens (tertiary/aromatic N) is 2. The van der Waals surface area contributed by atoms with Gasteiger partial charge in [0.15, 0.2) is 5.16 Å². The van der Waals surface area contributed by atoms with Gasteiger partial charge in [-0.1, -0.05) is 56.8 Å². The Balaban J connectivity index is 1.43.